The average Bonchev–Trinajstić information content (AvgIpc) is 2.78. The largest absolute Gasteiger partial charge is 0.408 e. The van der Waals surface area contributed by atoms with Crippen LogP contribution in [-0.2, 0) is 7.05 Å². The molecule has 3 aromatic rings. The van der Waals surface area contributed by atoms with E-state index in [-0.39, 0.29) is 29.9 Å². The Morgan fingerprint density at radius 2 is 1.76 bits per heavy atom. The van der Waals surface area contributed by atoms with Gasteiger partial charge in [-0.15, -0.1) is 0 Å². The van der Waals surface area contributed by atoms with Crippen molar-refractivity contribution in [2.75, 3.05) is 18.0 Å². The Hall–Kier alpha value is -3.45. The lowest BCUT2D eigenvalue weighted by Crippen LogP contribution is -2.59. The van der Waals surface area contributed by atoms with Crippen LogP contribution in [0.1, 0.15) is 31.1 Å². The number of rotatable bonds is 3. The number of nitriles is 1. The predicted octanol–water partition coefficient (Wildman–Crippen LogP) is 4.15. The number of hydrogen-bond donors (Lipinski definition) is 0. The maximum absolute atomic E-state index is 14.2. The van der Waals surface area contributed by atoms with Crippen LogP contribution < -0.4 is 10.5 Å². The van der Waals surface area contributed by atoms with Crippen LogP contribution in [0.15, 0.2) is 47.3 Å². The number of aromatic nitrogens is 2. The van der Waals surface area contributed by atoms with E-state index >= 15 is 0 Å². The minimum Gasteiger partial charge on any atom is -0.364 e. The summed E-state index contributed by atoms with van der Waals surface area (Å²) in [6.07, 6.45) is -4.56. The summed E-state index contributed by atoms with van der Waals surface area (Å²) in [5.74, 6) is -0.599. The Balaban J connectivity index is 1.74. The standard InChI is InChI=1S/C24H23F4N5O/c1-14-13-33(23(24(26,27)28)16-4-6-17(25)7-5-16)15(2)12-32(14)20-10-21(34)31(3)19-9-8-18(11-29)30-22(19)20/h4-10,14-15,23H,12-13H2,1-3H3/t14-,15+,23?/m0/s1. The number of alkyl halides is 3. The highest BCUT2D eigenvalue weighted by Gasteiger charge is 2.48. The Bertz CT molecular complexity index is 1310. The smallest absolute Gasteiger partial charge is 0.364 e. The van der Waals surface area contributed by atoms with E-state index in [1.54, 1.807) is 27.0 Å². The summed E-state index contributed by atoms with van der Waals surface area (Å²) < 4.78 is 57.3. The lowest BCUT2D eigenvalue weighted by Gasteiger charge is -2.48. The molecule has 0 radical (unpaired) electrons. The van der Waals surface area contributed by atoms with E-state index in [4.69, 9.17) is 0 Å². The molecule has 3 heterocycles. The molecule has 10 heteroatoms. The molecule has 0 N–H and O–H groups in total. The number of aryl methyl sites for hydroxylation is 1. The van der Waals surface area contributed by atoms with E-state index in [1.165, 1.54) is 33.7 Å². The molecule has 0 amide bonds. The maximum Gasteiger partial charge on any atom is 0.408 e. The van der Waals surface area contributed by atoms with Gasteiger partial charge in [-0.25, -0.2) is 9.37 Å². The molecule has 34 heavy (non-hydrogen) atoms. The lowest BCUT2D eigenvalue weighted by atomic mass is 9.98. The third kappa shape index (κ3) is 4.23. The number of piperazine rings is 1. The zero-order valence-electron chi connectivity index (χ0n) is 18.8. The molecule has 1 aliphatic rings. The van der Waals surface area contributed by atoms with Crippen molar-refractivity contribution >= 4 is 16.7 Å². The van der Waals surface area contributed by atoms with Crippen molar-refractivity contribution in [1.29, 1.82) is 5.26 Å². The lowest BCUT2D eigenvalue weighted by molar-refractivity contribution is -0.194. The summed E-state index contributed by atoms with van der Waals surface area (Å²) in [4.78, 5) is 20.2. The van der Waals surface area contributed by atoms with Crippen LogP contribution in [0.5, 0.6) is 0 Å². The Labute approximate surface area is 193 Å². The van der Waals surface area contributed by atoms with Crippen LogP contribution in [0.2, 0.25) is 0 Å². The zero-order chi connectivity index (χ0) is 24.8. The minimum atomic E-state index is -4.56. The highest BCUT2D eigenvalue weighted by molar-refractivity contribution is 5.89. The molecule has 4 rings (SSSR count). The number of benzene rings is 1. The minimum absolute atomic E-state index is 0.0271. The third-order valence-electron chi connectivity index (χ3n) is 6.35. The summed E-state index contributed by atoms with van der Waals surface area (Å²) in [5.41, 5.74) is 1.33. The first kappa shape index (κ1) is 23.7. The molecule has 1 aliphatic heterocycles. The van der Waals surface area contributed by atoms with Crippen molar-refractivity contribution in [2.45, 2.75) is 38.1 Å². The van der Waals surface area contributed by atoms with Gasteiger partial charge in [0.1, 0.15) is 29.1 Å². The van der Waals surface area contributed by atoms with E-state index in [9.17, 15) is 27.6 Å². The van der Waals surface area contributed by atoms with E-state index in [0.717, 1.165) is 12.1 Å². The van der Waals surface area contributed by atoms with Crippen molar-refractivity contribution in [1.82, 2.24) is 14.5 Å². The molecule has 1 saturated heterocycles. The number of fused-ring (bicyclic) bond motifs is 1. The highest BCUT2D eigenvalue weighted by atomic mass is 19.4. The van der Waals surface area contributed by atoms with E-state index in [0.29, 0.717) is 16.7 Å². The van der Waals surface area contributed by atoms with Crippen LogP contribution in [0, 0.1) is 17.1 Å². The Morgan fingerprint density at radius 3 is 2.38 bits per heavy atom. The molecule has 6 nitrogen and oxygen atoms in total. The molecule has 3 atom stereocenters. The first-order valence-electron chi connectivity index (χ1n) is 10.8. The van der Waals surface area contributed by atoms with Gasteiger partial charge in [-0.05, 0) is 43.7 Å². The SMILES string of the molecule is C[C@@H]1CN(c2cc(=O)n(C)c3ccc(C#N)nc23)[C@@H](C)CN1C(c1ccc(F)cc1)C(F)(F)F. The molecule has 0 bridgehead atoms. The van der Waals surface area contributed by atoms with Crippen molar-refractivity contribution in [3.05, 3.63) is 69.9 Å². The summed E-state index contributed by atoms with van der Waals surface area (Å²) >= 11 is 0. The summed E-state index contributed by atoms with van der Waals surface area (Å²) in [6.45, 7) is 3.74. The molecule has 2 aromatic heterocycles. The maximum atomic E-state index is 14.2. The second kappa shape index (κ2) is 8.72. The Morgan fingerprint density at radius 1 is 1.09 bits per heavy atom. The average molecular weight is 473 g/mol. The fraction of sp³-hybridized carbons (Fsp3) is 0.375. The molecule has 1 aromatic carbocycles. The number of anilines is 1. The van der Waals surface area contributed by atoms with Crippen molar-refractivity contribution < 1.29 is 17.6 Å². The van der Waals surface area contributed by atoms with Gasteiger partial charge in [-0.2, -0.15) is 18.4 Å². The van der Waals surface area contributed by atoms with Gasteiger partial charge < -0.3 is 9.47 Å². The third-order valence-corrected chi connectivity index (χ3v) is 6.35. The molecule has 0 spiro atoms. The van der Waals surface area contributed by atoms with E-state index in [2.05, 4.69) is 4.98 Å². The fourth-order valence-electron chi connectivity index (χ4n) is 4.66. The van der Waals surface area contributed by atoms with Crippen LogP contribution in [-0.4, -0.2) is 45.8 Å². The molecule has 178 valence electrons. The predicted molar refractivity (Wildman–Crippen MR) is 120 cm³/mol. The monoisotopic (exact) mass is 473 g/mol. The highest BCUT2D eigenvalue weighted by Crippen LogP contribution is 2.41. The van der Waals surface area contributed by atoms with Crippen LogP contribution in [0.4, 0.5) is 23.2 Å². The fourth-order valence-corrected chi connectivity index (χ4v) is 4.66. The van der Waals surface area contributed by atoms with Gasteiger partial charge in [-0.3, -0.25) is 9.69 Å². The molecule has 1 fully saturated rings. The van der Waals surface area contributed by atoms with Crippen LogP contribution in [0.3, 0.4) is 0 Å². The summed E-state index contributed by atoms with van der Waals surface area (Å²) in [5, 5.41) is 9.28. The van der Waals surface area contributed by atoms with Crippen molar-refractivity contribution in [3.8, 4) is 6.07 Å². The van der Waals surface area contributed by atoms with Gasteiger partial charge in [0.05, 0.1) is 11.2 Å². The quantitative estimate of drug-likeness (QED) is 0.535. The number of hydrogen-bond acceptors (Lipinski definition) is 5. The van der Waals surface area contributed by atoms with Gasteiger partial charge in [0.15, 0.2) is 0 Å². The normalized spacial score (nSPS) is 20.4. The second-order valence-electron chi connectivity index (χ2n) is 8.65. The van der Waals surface area contributed by atoms with Crippen molar-refractivity contribution in [3.63, 3.8) is 0 Å². The van der Waals surface area contributed by atoms with Crippen LogP contribution >= 0.6 is 0 Å². The molecular weight excluding hydrogens is 450 g/mol. The molecule has 0 aliphatic carbocycles. The number of pyridine rings is 2. The number of nitrogens with zero attached hydrogens (tertiary/aromatic N) is 5. The first-order valence-corrected chi connectivity index (χ1v) is 10.8. The summed E-state index contributed by atoms with van der Waals surface area (Å²) in [7, 11) is 1.60. The van der Waals surface area contributed by atoms with Gasteiger partial charge in [0, 0.05) is 38.3 Å². The molecular formula is C24H23F4N5O. The zero-order valence-corrected chi connectivity index (χ0v) is 18.8. The van der Waals surface area contributed by atoms with Gasteiger partial charge >= 0.3 is 6.18 Å². The Kier molecular flexibility index (Phi) is 6.08. The molecule has 1 unspecified atom stereocenters. The first-order chi connectivity index (χ1) is 16.0. The van der Waals surface area contributed by atoms with Crippen molar-refractivity contribution in [2.24, 2.45) is 7.05 Å². The van der Waals surface area contributed by atoms with Gasteiger partial charge in [0.2, 0.25) is 0 Å². The topological polar surface area (TPSA) is 65.2 Å². The van der Waals surface area contributed by atoms with Crippen LogP contribution in [0.25, 0.3) is 11.0 Å². The van der Waals surface area contributed by atoms with Gasteiger partial charge in [-0.1, -0.05) is 12.1 Å². The number of halogens is 4. The van der Waals surface area contributed by atoms with Gasteiger partial charge in [0.25, 0.3) is 5.56 Å². The van der Waals surface area contributed by atoms with E-state index < -0.39 is 30.1 Å². The second-order valence-corrected chi connectivity index (χ2v) is 8.65. The molecule has 0 saturated carbocycles. The summed E-state index contributed by atoms with van der Waals surface area (Å²) in [6, 6.07) is 8.12. The van der Waals surface area contributed by atoms with E-state index in [1.807, 2.05) is 11.0 Å².